The van der Waals surface area contributed by atoms with Gasteiger partial charge < -0.3 is 4.74 Å². The van der Waals surface area contributed by atoms with Crippen molar-refractivity contribution in [3.8, 4) is 28.3 Å². The second-order valence-corrected chi connectivity index (χ2v) is 7.86. The Bertz CT molecular complexity index is 1180. The van der Waals surface area contributed by atoms with Gasteiger partial charge in [-0.15, -0.1) is 9.19 Å². The third-order valence-corrected chi connectivity index (χ3v) is 5.86. The van der Waals surface area contributed by atoms with Gasteiger partial charge in [0.1, 0.15) is 12.1 Å². The summed E-state index contributed by atoms with van der Waals surface area (Å²) in [6, 6.07) is 23.6. The Labute approximate surface area is 163 Å². The Morgan fingerprint density at radius 3 is 2.04 bits per heavy atom. The molecule has 6 nitrogen and oxygen atoms in total. The number of hydrogen-bond donors (Lipinski definition) is 0. The predicted octanol–water partition coefficient (Wildman–Crippen LogP) is 3.86. The van der Waals surface area contributed by atoms with Crippen LogP contribution in [0.4, 0.5) is 0 Å². The smallest absolute Gasteiger partial charge is 0.284 e. The largest absolute Gasteiger partial charge is 0.497 e. The highest BCUT2D eigenvalue weighted by atomic mass is 32.2. The van der Waals surface area contributed by atoms with Gasteiger partial charge in [-0.1, -0.05) is 42.5 Å². The van der Waals surface area contributed by atoms with Gasteiger partial charge in [-0.05, 0) is 47.5 Å². The van der Waals surface area contributed by atoms with Crippen LogP contribution in [-0.4, -0.2) is 29.7 Å². The average molecular weight is 391 g/mol. The summed E-state index contributed by atoms with van der Waals surface area (Å²) in [5.41, 5.74) is 2.67. The zero-order chi connectivity index (χ0) is 19.6. The lowest BCUT2D eigenvalue weighted by molar-refractivity contribution is 0.415. The van der Waals surface area contributed by atoms with Crippen molar-refractivity contribution < 1.29 is 13.2 Å². The molecule has 4 rings (SSSR count). The molecule has 1 heterocycles. The van der Waals surface area contributed by atoms with Gasteiger partial charge in [-0.3, -0.25) is 0 Å². The molecule has 0 spiro atoms. The number of aromatic nitrogens is 3. The Hall–Kier alpha value is -3.45. The van der Waals surface area contributed by atoms with Crippen molar-refractivity contribution in [3.63, 3.8) is 0 Å². The molecule has 7 heteroatoms. The number of rotatable bonds is 5. The van der Waals surface area contributed by atoms with E-state index in [1.54, 1.807) is 55.6 Å². The van der Waals surface area contributed by atoms with Crippen molar-refractivity contribution >= 4 is 10.0 Å². The third kappa shape index (κ3) is 3.39. The molecule has 4 aromatic rings. The first-order chi connectivity index (χ1) is 13.6. The Morgan fingerprint density at radius 2 is 1.39 bits per heavy atom. The fourth-order valence-corrected chi connectivity index (χ4v) is 3.85. The van der Waals surface area contributed by atoms with E-state index in [0.717, 1.165) is 15.2 Å². The highest BCUT2D eigenvalue weighted by Gasteiger charge is 2.19. The number of ether oxygens (including phenoxy) is 1. The Kier molecular flexibility index (Phi) is 4.67. The van der Waals surface area contributed by atoms with Crippen LogP contribution in [-0.2, 0) is 10.0 Å². The van der Waals surface area contributed by atoms with Crippen LogP contribution in [0.3, 0.4) is 0 Å². The van der Waals surface area contributed by atoms with Gasteiger partial charge >= 0.3 is 0 Å². The Morgan fingerprint density at radius 1 is 0.786 bits per heavy atom. The van der Waals surface area contributed by atoms with Crippen LogP contribution < -0.4 is 4.74 Å². The molecule has 28 heavy (non-hydrogen) atoms. The minimum atomic E-state index is -3.82. The molecule has 0 bridgehead atoms. The maximum Gasteiger partial charge on any atom is 0.284 e. The summed E-state index contributed by atoms with van der Waals surface area (Å²) in [6.07, 6.45) is 1.21. The molecule has 0 unspecified atom stereocenters. The van der Waals surface area contributed by atoms with Crippen molar-refractivity contribution in [2.75, 3.05) is 7.11 Å². The molecule has 140 valence electrons. The van der Waals surface area contributed by atoms with Crippen LogP contribution in [0, 0.1) is 0 Å². The van der Waals surface area contributed by atoms with Crippen molar-refractivity contribution in [1.82, 2.24) is 14.2 Å². The van der Waals surface area contributed by atoms with Crippen LogP contribution in [0.5, 0.6) is 5.75 Å². The van der Waals surface area contributed by atoms with E-state index in [9.17, 15) is 8.42 Å². The average Bonchev–Trinajstić information content (AvgIpc) is 3.26. The van der Waals surface area contributed by atoms with Crippen LogP contribution in [0.1, 0.15) is 0 Å². The lowest BCUT2D eigenvalue weighted by atomic mass is 10.1. The lowest BCUT2D eigenvalue weighted by Gasteiger charge is -2.06. The van der Waals surface area contributed by atoms with Gasteiger partial charge in [0.05, 0.1) is 12.0 Å². The summed E-state index contributed by atoms with van der Waals surface area (Å²) in [4.78, 5) is 4.28. The maximum atomic E-state index is 12.9. The van der Waals surface area contributed by atoms with E-state index >= 15 is 0 Å². The molecule has 0 amide bonds. The first kappa shape index (κ1) is 17.9. The van der Waals surface area contributed by atoms with Gasteiger partial charge in [0, 0.05) is 5.56 Å². The van der Waals surface area contributed by atoms with E-state index in [-0.39, 0.29) is 4.90 Å². The minimum Gasteiger partial charge on any atom is -0.497 e. The van der Waals surface area contributed by atoms with E-state index < -0.39 is 10.0 Å². The highest BCUT2D eigenvalue weighted by Crippen LogP contribution is 2.23. The zero-order valence-corrected chi connectivity index (χ0v) is 15.9. The quantitative estimate of drug-likeness (QED) is 0.516. The summed E-state index contributed by atoms with van der Waals surface area (Å²) >= 11 is 0. The summed E-state index contributed by atoms with van der Waals surface area (Å²) < 4.78 is 31.7. The monoisotopic (exact) mass is 391 g/mol. The van der Waals surface area contributed by atoms with Crippen molar-refractivity contribution in [3.05, 3.63) is 85.2 Å². The predicted molar refractivity (Wildman–Crippen MR) is 106 cm³/mol. The number of benzene rings is 3. The van der Waals surface area contributed by atoms with E-state index in [0.29, 0.717) is 17.1 Å². The number of hydrogen-bond acceptors (Lipinski definition) is 5. The standard InChI is InChI=1S/C21H17N3O3S/c1-27-19-11-7-18(8-12-19)21-22-15-24(23-21)28(25,26)20-13-9-17(10-14-20)16-5-3-2-4-6-16/h2-15H,1H3. The fraction of sp³-hybridized carbons (Fsp3) is 0.0476. The molecule has 0 saturated carbocycles. The van der Waals surface area contributed by atoms with E-state index in [1.165, 1.54) is 6.33 Å². The zero-order valence-electron chi connectivity index (χ0n) is 15.1. The maximum absolute atomic E-state index is 12.9. The number of methoxy groups -OCH3 is 1. The molecular weight excluding hydrogens is 374 g/mol. The van der Waals surface area contributed by atoms with E-state index in [1.807, 2.05) is 30.3 Å². The second-order valence-electron chi connectivity index (χ2n) is 6.06. The Balaban J connectivity index is 1.62. The first-order valence-electron chi connectivity index (χ1n) is 8.55. The van der Waals surface area contributed by atoms with Crippen molar-refractivity contribution in [2.45, 2.75) is 4.90 Å². The lowest BCUT2D eigenvalue weighted by Crippen LogP contribution is -2.13. The minimum absolute atomic E-state index is 0.151. The third-order valence-electron chi connectivity index (χ3n) is 4.33. The van der Waals surface area contributed by atoms with Crippen LogP contribution >= 0.6 is 0 Å². The highest BCUT2D eigenvalue weighted by molar-refractivity contribution is 7.89. The van der Waals surface area contributed by atoms with Gasteiger partial charge in [0.15, 0.2) is 5.82 Å². The molecule has 3 aromatic carbocycles. The number of nitrogens with zero attached hydrogens (tertiary/aromatic N) is 3. The molecule has 0 aliphatic heterocycles. The molecule has 0 aliphatic carbocycles. The molecule has 0 aliphatic rings. The fourth-order valence-electron chi connectivity index (χ4n) is 2.80. The van der Waals surface area contributed by atoms with E-state index in [4.69, 9.17) is 4.74 Å². The summed E-state index contributed by atoms with van der Waals surface area (Å²) in [5, 5.41) is 4.14. The van der Waals surface area contributed by atoms with Gasteiger partial charge in [-0.2, -0.15) is 8.42 Å². The van der Waals surface area contributed by atoms with Crippen LogP contribution in [0.2, 0.25) is 0 Å². The first-order valence-corrected chi connectivity index (χ1v) is 9.99. The molecule has 0 atom stereocenters. The van der Waals surface area contributed by atoms with Crippen molar-refractivity contribution in [2.24, 2.45) is 0 Å². The molecular formula is C21H17N3O3S. The summed E-state index contributed by atoms with van der Waals surface area (Å²) in [7, 11) is -2.24. The van der Waals surface area contributed by atoms with Gasteiger partial charge in [-0.25, -0.2) is 4.98 Å². The van der Waals surface area contributed by atoms with Gasteiger partial charge in [0.2, 0.25) is 0 Å². The normalized spacial score (nSPS) is 11.3. The molecule has 0 N–H and O–H groups in total. The van der Waals surface area contributed by atoms with E-state index in [2.05, 4.69) is 10.1 Å². The van der Waals surface area contributed by atoms with Gasteiger partial charge in [0.25, 0.3) is 10.0 Å². The summed E-state index contributed by atoms with van der Waals surface area (Å²) in [6.45, 7) is 0. The topological polar surface area (TPSA) is 74.1 Å². The van der Waals surface area contributed by atoms with Crippen LogP contribution in [0.15, 0.2) is 90.1 Å². The SMILES string of the molecule is COc1ccc(-c2ncn(S(=O)(=O)c3ccc(-c4ccccc4)cc3)n2)cc1. The summed E-state index contributed by atoms with van der Waals surface area (Å²) in [5.74, 6) is 1.03. The van der Waals surface area contributed by atoms with Crippen LogP contribution in [0.25, 0.3) is 22.5 Å². The van der Waals surface area contributed by atoms with Crippen molar-refractivity contribution in [1.29, 1.82) is 0 Å². The molecule has 0 fully saturated rings. The molecule has 0 saturated heterocycles. The second kappa shape index (κ2) is 7.28. The molecule has 1 aromatic heterocycles. The molecule has 0 radical (unpaired) electrons.